The Labute approximate surface area is 135 Å². The summed E-state index contributed by atoms with van der Waals surface area (Å²) in [6, 6.07) is 4.97. The number of hydrogen-bond acceptors (Lipinski definition) is 4. The van der Waals surface area contributed by atoms with Gasteiger partial charge in [-0.05, 0) is 24.3 Å². The molecule has 11 heteroatoms. The van der Waals surface area contributed by atoms with Crippen molar-refractivity contribution in [2.45, 2.75) is 19.2 Å². The van der Waals surface area contributed by atoms with Crippen molar-refractivity contribution >= 4 is 5.65 Å². The molecule has 2 aromatic heterocycles. The predicted molar refractivity (Wildman–Crippen MR) is 72.4 cm³/mol. The summed E-state index contributed by atoms with van der Waals surface area (Å²) in [7, 11) is 0. The highest BCUT2D eigenvalue weighted by atomic mass is 19.4. The number of rotatable bonds is 3. The second-order valence-corrected chi connectivity index (χ2v) is 5.09. The summed E-state index contributed by atoms with van der Waals surface area (Å²) in [6.07, 6.45) is -4.96. The summed E-state index contributed by atoms with van der Waals surface area (Å²) in [5.74, 6) is -5.90. The molecule has 3 aromatic rings. The molecule has 2 heterocycles. The summed E-state index contributed by atoms with van der Waals surface area (Å²) >= 11 is 0. The van der Waals surface area contributed by atoms with Crippen LogP contribution < -0.4 is 4.74 Å². The molecule has 0 radical (unpaired) electrons. The molecule has 1 aromatic carbocycles. The van der Waals surface area contributed by atoms with Crippen LogP contribution >= 0.6 is 0 Å². The zero-order valence-corrected chi connectivity index (χ0v) is 12.4. The van der Waals surface area contributed by atoms with Crippen molar-refractivity contribution in [1.82, 2.24) is 19.8 Å². The standard InChI is InChI=1S/C14H8F6N4O/c1-13(16,17)12-22-21-11-5-4-10(23-24(11)12)8-3-2-7(6-9(8)15)25-14(18,19)20/h2-6H,1H3. The second kappa shape index (κ2) is 5.60. The summed E-state index contributed by atoms with van der Waals surface area (Å²) < 4.78 is 81.9. The zero-order chi connectivity index (χ0) is 18.4. The lowest BCUT2D eigenvalue weighted by atomic mass is 10.1. The van der Waals surface area contributed by atoms with Gasteiger partial charge >= 0.3 is 12.3 Å². The van der Waals surface area contributed by atoms with E-state index in [2.05, 4.69) is 20.0 Å². The van der Waals surface area contributed by atoms with Gasteiger partial charge in [-0.2, -0.15) is 18.4 Å². The lowest BCUT2D eigenvalue weighted by Crippen LogP contribution is -2.17. The molecule has 0 N–H and O–H groups in total. The maximum absolute atomic E-state index is 14.1. The molecular formula is C14H8F6N4O. The van der Waals surface area contributed by atoms with Crippen molar-refractivity contribution < 1.29 is 31.1 Å². The van der Waals surface area contributed by atoms with E-state index in [1.165, 1.54) is 12.1 Å². The Morgan fingerprint density at radius 1 is 1.00 bits per heavy atom. The molecule has 0 amide bonds. The summed E-state index contributed by atoms with van der Waals surface area (Å²) in [5, 5.41) is 10.7. The summed E-state index contributed by atoms with van der Waals surface area (Å²) in [6.45, 7) is 0.599. The van der Waals surface area contributed by atoms with Crippen molar-refractivity contribution in [3.8, 4) is 17.0 Å². The van der Waals surface area contributed by atoms with Gasteiger partial charge in [0.2, 0.25) is 5.82 Å². The fourth-order valence-electron chi connectivity index (χ4n) is 2.11. The van der Waals surface area contributed by atoms with Gasteiger partial charge in [-0.3, -0.25) is 0 Å². The Hall–Kier alpha value is -2.85. The van der Waals surface area contributed by atoms with Gasteiger partial charge in [0.1, 0.15) is 11.6 Å². The third kappa shape index (κ3) is 3.49. The van der Waals surface area contributed by atoms with Crippen LogP contribution in [0.2, 0.25) is 0 Å². The van der Waals surface area contributed by atoms with Crippen LogP contribution in [0.3, 0.4) is 0 Å². The molecule has 5 nitrogen and oxygen atoms in total. The molecule has 0 bridgehead atoms. The molecule has 0 aliphatic rings. The van der Waals surface area contributed by atoms with Crippen molar-refractivity contribution in [2.24, 2.45) is 0 Å². The number of halogens is 6. The number of fused-ring (bicyclic) bond motifs is 1. The first-order valence-electron chi connectivity index (χ1n) is 6.71. The van der Waals surface area contributed by atoms with Gasteiger partial charge in [0, 0.05) is 18.6 Å². The third-order valence-electron chi connectivity index (χ3n) is 3.11. The van der Waals surface area contributed by atoms with E-state index in [0.29, 0.717) is 13.0 Å². The van der Waals surface area contributed by atoms with Crippen LogP contribution in [0.1, 0.15) is 12.7 Å². The van der Waals surface area contributed by atoms with Gasteiger partial charge in [-0.25, -0.2) is 4.39 Å². The number of benzene rings is 1. The van der Waals surface area contributed by atoms with Crippen LogP contribution in [-0.4, -0.2) is 26.2 Å². The van der Waals surface area contributed by atoms with Crippen molar-refractivity contribution in [3.63, 3.8) is 0 Å². The Balaban J connectivity index is 2.04. The number of hydrogen-bond donors (Lipinski definition) is 0. The van der Waals surface area contributed by atoms with Gasteiger partial charge in [-0.15, -0.1) is 23.4 Å². The fourth-order valence-corrected chi connectivity index (χ4v) is 2.11. The normalized spacial score (nSPS) is 12.6. The van der Waals surface area contributed by atoms with Crippen LogP contribution in [0.4, 0.5) is 26.3 Å². The highest BCUT2D eigenvalue weighted by molar-refractivity contribution is 5.62. The van der Waals surface area contributed by atoms with Gasteiger partial charge in [0.25, 0.3) is 0 Å². The van der Waals surface area contributed by atoms with Crippen LogP contribution in [-0.2, 0) is 5.92 Å². The molecule has 0 fully saturated rings. The van der Waals surface area contributed by atoms with E-state index in [1.54, 1.807) is 0 Å². The Morgan fingerprint density at radius 2 is 1.72 bits per heavy atom. The van der Waals surface area contributed by atoms with Crippen LogP contribution in [0, 0.1) is 5.82 Å². The van der Waals surface area contributed by atoms with Crippen molar-refractivity contribution in [3.05, 3.63) is 42.0 Å². The van der Waals surface area contributed by atoms with Gasteiger partial charge in [0.05, 0.1) is 5.69 Å². The molecule has 0 saturated carbocycles. The predicted octanol–water partition coefficient (Wildman–Crippen LogP) is 3.94. The highest BCUT2D eigenvalue weighted by Crippen LogP contribution is 2.30. The first kappa shape index (κ1) is 17.0. The molecule has 0 unspecified atom stereocenters. The van der Waals surface area contributed by atoms with E-state index < -0.39 is 29.7 Å². The van der Waals surface area contributed by atoms with Crippen LogP contribution in [0.25, 0.3) is 16.9 Å². The average molecular weight is 362 g/mol. The largest absolute Gasteiger partial charge is 0.573 e. The van der Waals surface area contributed by atoms with E-state index in [0.717, 1.165) is 16.6 Å². The van der Waals surface area contributed by atoms with Gasteiger partial charge in [0.15, 0.2) is 5.65 Å². The van der Waals surface area contributed by atoms with Gasteiger partial charge < -0.3 is 4.74 Å². The van der Waals surface area contributed by atoms with E-state index >= 15 is 0 Å². The number of nitrogens with zero attached hydrogens (tertiary/aromatic N) is 4. The molecule has 0 saturated heterocycles. The number of aromatic nitrogens is 4. The molecule has 132 valence electrons. The quantitative estimate of drug-likeness (QED) is 0.663. The first-order valence-corrected chi connectivity index (χ1v) is 6.71. The molecule has 25 heavy (non-hydrogen) atoms. The van der Waals surface area contributed by atoms with Crippen molar-refractivity contribution in [2.75, 3.05) is 0 Å². The minimum absolute atomic E-state index is 0.0118. The van der Waals surface area contributed by atoms with E-state index in [-0.39, 0.29) is 16.9 Å². The van der Waals surface area contributed by atoms with Crippen LogP contribution in [0.5, 0.6) is 5.75 Å². The monoisotopic (exact) mass is 362 g/mol. The molecular weight excluding hydrogens is 354 g/mol. The lowest BCUT2D eigenvalue weighted by molar-refractivity contribution is -0.274. The smallest absolute Gasteiger partial charge is 0.406 e. The van der Waals surface area contributed by atoms with Crippen LogP contribution in [0.15, 0.2) is 30.3 Å². The highest BCUT2D eigenvalue weighted by Gasteiger charge is 2.32. The topological polar surface area (TPSA) is 52.3 Å². The molecule has 0 aliphatic carbocycles. The Kier molecular flexibility index (Phi) is 3.81. The Bertz CT molecular complexity index is 931. The number of alkyl halides is 5. The SMILES string of the molecule is CC(F)(F)c1nnc2ccc(-c3ccc(OC(F)(F)F)cc3F)nn12. The summed E-state index contributed by atoms with van der Waals surface area (Å²) in [4.78, 5) is 0. The fraction of sp³-hybridized carbons (Fsp3) is 0.214. The van der Waals surface area contributed by atoms with E-state index in [9.17, 15) is 26.3 Å². The average Bonchev–Trinajstić information content (AvgIpc) is 2.88. The maximum atomic E-state index is 14.1. The van der Waals surface area contributed by atoms with E-state index in [4.69, 9.17) is 0 Å². The third-order valence-corrected chi connectivity index (χ3v) is 3.11. The Morgan fingerprint density at radius 3 is 2.32 bits per heavy atom. The van der Waals surface area contributed by atoms with E-state index in [1.807, 2.05) is 0 Å². The second-order valence-electron chi connectivity index (χ2n) is 5.09. The maximum Gasteiger partial charge on any atom is 0.573 e. The minimum atomic E-state index is -4.96. The number of ether oxygens (including phenoxy) is 1. The summed E-state index contributed by atoms with van der Waals surface area (Å²) in [5.41, 5.74) is -0.276. The zero-order valence-electron chi connectivity index (χ0n) is 12.4. The van der Waals surface area contributed by atoms with Gasteiger partial charge in [-0.1, -0.05) is 0 Å². The minimum Gasteiger partial charge on any atom is -0.406 e. The first-order chi connectivity index (χ1) is 11.5. The molecule has 0 aliphatic heterocycles. The molecule has 0 atom stereocenters. The lowest BCUT2D eigenvalue weighted by Gasteiger charge is -2.11. The van der Waals surface area contributed by atoms with Crippen molar-refractivity contribution in [1.29, 1.82) is 0 Å². The molecule has 0 spiro atoms. The molecule has 3 rings (SSSR count).